The number of likely N-dealkylation sites (N-methyl/N-ethyl adjacent to an activating group) is 1. The Labute approximate surface area is 194 Å². The number of carbonyl (C=O) groups excluding carboxylic acids is 3. The van der Waals surface area contributed by atoms with Crippen molar-refractivity contribution < 1.29 is 33.5 Å². The van der Waals surface area contributed by atoms with Gasteiger partial charge in [-0.25, -0.2) is 0 Å². The predicted molar refractivity (Wildman–Crippen MR) is 122 cm³/mol. The number of carbonyl (C=O) groups is 3. The van der Waals surface area contributed by atoms with Gasteiger partial charge in [0.2, 0.25) is 5.78 Å². The Bertz CT molecular complexity index is 1060. The molecule has 1 aliphatic heterocycles. The van der Waals surface area contributed by atoms with Gasteiger partial charge in [-0.05, 0) is 42.8 Å². The zero-order valence-electron chi connectivity index (χ0n) is 19.9. The summed E-state index contributed by atoms with van der Waals surface area (Å²) < 4.78 is 16.1. The van der Waals surface area contributed by atoms with Crippen LogP contribution in [0.3, 0.4) is 0 Å². The second-order valence-corrected chi connectivity index (χ2v) is 8.40. The fraction of sp³-hybridized carbons (Fsp3) is 0.400. The maximum Gasteiger partial charge on any atom is 0.291 e. The van der Waals surface area contributed by atoms with Gasteiger partial charge in [-0.1, -0.05) is 0 Å². The van der Waals surface area contributed by atoms with Crippen LogP contribution in [0.15, 0.2) is 36.4 Å². The van der Waals surface area contributed by atoms with E-state index in [1.165, 1.54) is 12.0 Å². The molecule has 0 bridgehead atoms. The molecular formula is C25H31N2O6+. The molecule has 0 aliphatic carbocycles. The maximum absolute atomic E-state index is 13.6. The van der Waals surface area contributed by atoms with E-state index < -0.39 is 29.4 Å². The molecule has 33 heavy (non-hydrogen) atoms. The lowest BCUT2D eigenvalue weighted by molar-refractivity contribution is -0.857. The number of methoxy groups -OCH3 is 3. The Morgan fingerprint density at radius 2 is 1.67 bits per heavy atom. The molecule has 2 aromatic rings. The van der Waals surface area contributed by atoms with E-state index in [4.69, 9.17) is 14.2 Å². The summed E-state index contributed by atoms with van der Waals surface area (Å²) >= 11 is 0. The Hall–Kier alpha value is -3.39. The molecule has 1 saturated heterocycles. The minimum atomic E-state index is -1.18. The molecule has 2 atom stereocenters. The van der Waals surface area contributed by atoms with E-state index in [9.17, 15) is 14.4 Å². The van der Waals surface area contributed by atoms with Crippen molar-refractivity contribution >= 4 is 17.5 Å². The van der Waals surface area contributed by atoms with E-state index in [1.807, 2.05) is 21.0 Å². The lowest BCUT2D eigenvalue weighted by Crippen LogP contribution is -3.06. The molecule has 176 valence electrons. The molecule has 1 aliphatic rings. The van der Waals surface area contributed by atoms with Crippen LogP contribution in [0.4, 0.5) is 0 Å². The molecule has 1 fully saturated rings. The number of aryl methyl sites for hydroxylation is 1. The summed E-state index contributed by atoms with van der Waals surface area (Å²) in [4.78, 5) is 42.5. The topological polar surface area (TPSA) is 86.6 Å². The molecular weight excluding hydrogens is 424 g/mol. The summed E-state index contributed by atoms with van der Waals surface area (Å²) in [6, 6.07) is 9.41. The van der Waals surface area contributed by atoms with Crippen molar-refractivity contribution in [2.24, 2.45) is 5.92 Å². The number of amides is 1. The van der Waals surface area contributed by atoms with Crippen LogP contribution in [0.1, 0.15) is 27.5 Å². The van der Waals surface area contributed by atoms with E-state index in [2.05, 4.69) is 0 Å². The largest absolute Gasteiger partial charge is 0.497 e. The Morgan fingerprint density at radius 1 is 0.970 bits per heavy atom. The third-order valence-corrected chi connectivity index (χ3v) is 5.98. The van der Waals surface area contributed by atoms with Crippen molar-refractivity contribution in [1.82, 2.24) is 4.90 Å². The number of rotatable bonds is 9. The van der Waals surface area contributed by atoms with Crippen molar-refractivity contribution in [3.63, 3.8) is 0 Å². The first kappa shape index (κ1) is 24.3. The molecule has 1 amide bonds. The van der Waals surface area contributed by atoms with Gasteiger partial charge in [-0.2, -0.15) is 0 Å². The molecule has 8 heteroatoms. The van der Waals surface area contributed by atoms with Gasteiger partial charge in [0, 0.05) is 17.2 Å². The smallest absolute Gasteiger partial charge is 0.291 e. The molecule has 1 N–H and O–H groups in total. The second kappa shape index (κ2) is 10.0. The van der Waals surface area contributed by atoms with Crippen LogP contribution in [0.25, 0.3) is 0 Å². The highest BCUT2D eigenvalue weighted by atomic mass is 16.5. The maximum atomic E-state index is 13.6. The van der Waals surface area contributed by atoms with Gasteiger partial charge in [0.15, 0.2) is 5.78 Å². The number of nitrogens with one attached hydrogen (secondary N) is 1. The summed E-state index contributed by atoms with van der Waals surface area (Å²) in [6.07, 6.45) is 0. The first-order valence-electron chi connectivity index (χ1n) is 10.8. The minimum Gasteiger partial charge on any atom is -0.497 e. The number of nitrogens with zero attached hydrogens (tertiary/aromatic N) is 1. The number of quaternary nitrogens is 1. The zero-order chi connectivity index (χ0) is 24.3. The Kier molecular flexibility index (Phi) is 7.38. The van der Waals surface area contributed by atoms with Crippen molar-refractivity contribution in [3.8, 4) is 17.2 Å². The fourth-order valence-corrected chi connectivity index (χ4v) is 4.19. The third-order valence-electron chi connectivity index (χ3n) is 5.98. The molecule has 8 nitrogen and oxygen atoms in total. The minimum absolute atomic E-state index is 0.332. The molecule has 0 aromatic heterocycles. The number of benzene rings is 2. The van der Waals surface area contributed by atoms with Crippen LogP contribution >= 0.6 is 0 Å². The third kappa shape index (κ3) is 4.71. The van der Waals surface area contributed by atoms with Gasteiger partial charge in [0.1, 0.15) is 23.2 Å². The van der Waals surface area contributed by atoms with E-state index in [1.54, 1.807) is 50.6 Å². The molecule has 0 saturated carbocycles. The number of likely N-dealkylation sites (tertiary alicyclic amines) is 1. The molecule has 0 radical (unpaired) electrons. The quantitative estimate of drug-likeness (QED) is 0.346. The number of Topliss-reactive ketones (excluding diaryl/α,β-unsaturated/α-hetero) is 2. The molecule has 2 aromatic carbocycles. The number of hydrogen-bond donors (Lipinski definition) is 1. The standard InChI is InChI=1S/C25H30N2O6/c1-15-13-16(7-10-19(15)32-5)23(28)21-22(18-9-8-17(31-4)14-20(18)33-6)27(12-11-26(2)3)25(30)24(21)29/h7-10,13-14,21-22H,11-12H2,1-6H3/p+1. The lowest BCUT2D eigenvalue weighted by Gasteiger charge is -2.28. The van der Waals surface area contributed by atoms with E-state index in [0.717, 1.165) is 10.5 Å². The summed E-state index contributed by atoms with van der Waals surface area (Å²) in [5.74, 6) is -1.26. The fourth-order valence-electron chi connectivity index (χ4n) is 4.19. The highest BCUT2D eigenvalue weighted by Crippen LogP contribution is 2.42. The van der Waals surface area contributed by atoms with Gasteiger partial charge in [-0.3, -0.25) is 14.4 Å². The Balaban J connectivity index is 2.12. The lowest BCUT2D eigenvalue weighted by atomic mass is 9.85. The van der Waals surface area contributed by atoms with Crippen LogP contribution < -0.4 is 19.1 Å². The molecule has 1 heterocycles. The average Bonchev–Trinajstić information content (AvgIpc) is 3.06. The second-order valence-electron chi connectivity index (χ2n) is 8.40. The van der Waals surface area contributed by atoms with Gasteiger partial charge < -0.3 is 24.0 Å². The van der Waals surface area contributed by atoms with Crippen LogP contribution in [0.2, 0.25) is 0 Å². The van der Waals surface area contributed by atoms with Gasteiger partial charge in [0.25, 0.3) is 5.91 Å². The highest BCUT2D eigenvalue weighted by Gasteiger charge is 2.52. The number of hydrogen-bond acceptors (Lipinski definition) is 6. The highest BCUT2D eigenvalue weighted by molar-refractivity contribution is 6.44. The summed E-state index contributed by atoms with van der Waals surface area (Å²) in [7, 11) is 8.54. The van der Waals surface area contributed by atoms with E-state index in [-0.39, 0.29) is 0 Å². The van der Waals surface area contributed by atoms with Crippen molar-refractivity contribution in [2.45, 2.75) is 13.0 Å². The first-order valence-corrected chi connectivity index (χ1v) is 10.8. The van der Waals surface area contributed by atoms with Crippen LogP contribution in [-0.2, 0) is 9.59 Å². The molecule has 3 rings (SSSR count). The van der Waals surface area contributed by atoms with Crippen LogP contribution in [0, 0.1) is 12.8 Å². The van der Waals surface area contributed by atoms with Crippen molar-refractivity contribution in [2.75, 3.05) is 48.5 Å². The molecule has 0 spiro atoms. The monoisotopic (exact) mass is 455 g/mol. The number of ketones is 2. The van der Waals surface area contributed by atoms with Crippen LogP contribution in [0.5, 0.6) is 17.2 Å². The average molecular weight is 456 g/mol. The summed E-state index contributed by atoms with van der Waals surface area (Å²) in [5.41, 5.74) is 1.72. The number of ether oxygens (including phenoxy) is 3. The first-order chi connectivity index (χ1) is 15.7. The van der Waals surface area contributed by atoms with Gasteiger partial charge >= 0.3 is 0 Å². The van der Waals surface area contributed by atoms with Crippen LogP contribution in [-0.4, -0.2) is 70.9 Å². The Morgan fingerprint density at radius 3 is 2.24 bits per heavy atom. The predicted octanol–water partition coefficient (Wildman–Crippen LogP) is 1.12. The van der Waals surface area contributed by atoms with E-state index >= 15 is 0 Å². The summed E-state index contributed by atoms with van der Waals surface area (Å²) in [6.45, 7) is 2.78. The summed E-state index contributed by atoms with van der Waals surface area (Å²) in [5, 5.41) is 0. The van der Waals surface area contributed by atoms with Gasteiger partial charge in [0.05, 0.1) is 54.6 Å². The normalized spacial score (nSPS) is 18.1. The SMILES string of the molecule is COc1ccc(C2C(C(=O)c3ccc(OC)c(C)c3)C(=O)C(=O)N2CC[NH+](C)C)c(OC)c1. The van der Waals surface area contributed by atoms with Gasteiger partial charge in [-0.15, -0.1) is 0 Å². The van der Waals surface area contributed by atoms with Crippen molar-refractivity contribution in [3.05, 3.63) is 53.1 Å². The zero-order valence-corrected chi connectivity index (χ0v) is 19.9. The molecule has 2 unspecified atom stereocenters. The van der Waals surface area contributed by atoms with Crippen molar-refractivity contribution in [1.29, 1.82) is 0 Å². The van der Waals surface area contributed by atoms with E-state index in [0.29, 0.717) is 41.5 Å².